The van der Waals surface area contributed by atoms with E-state index in [-0.39, 0.29) is 28.8 Å². The molecular formula is C30H29F3O. The summed E-state index contributed by atoms with van der Waals surface area (Å²) in [5.74, 6) is -0.989. The van der Waals surface area contributed by atoms with E-state index in [9.17, 15) is 13.2 Å². The predicted molar refractivity (Wildman–Crippen MR) is 132 cm³/mol. The Bertz CT molecular complexity index is 1170. The van der Waals surface area contributed by atoms with Crippen molar-refractivity contribution < 1.29 is 17.9 Å². The van der Waals surface area contributed by atoms with Gasteiger partial charge in [0, 0.05) is 17.2 Å². The Morgan fingerprint density at radius 2 is 1.65 bits per heavy atom. The lowest BCUT2D eigenvalue weighted by Crippen LogP contribution is -2.13. The molecule has 3 aromatic carbocycles. The second-order valence-corrected chi connectivity index (χ2v) is 8.95. The van der Waals surface area contributed by atoms with E-state index in [0.717, 1.165) is 31.2 Å². The van der Waals surface area contributed by atoms with E-state index in [1.807, 2.05) is 31.2 Å². The van der Waals surface area contributed by atoms with Crippen molar-refractivity contribution in [3.8, 4) is 16.9 Å². The van der Waals surface area contributed by atoms with Crippen LogP contribution in [0.3, 0.4) is 0 Å². The molecule has 0 aliphatic heterocycles. The molecule has 1 nitrogen and oxygen atoms in total. The molecule has 1 fully saturated rings. The van der Waals surface area contributed by atoms with Crippen LogP contribution in [0.4, 0.5) is 13.2 Å². The number of ether oxygens (including phenoxy) is 1. The predicted octanol–water partition coefficient (Wildman–Crippen LogP) is 8.63. The van der Waals surface area contributed by atoms with E-state index in [1.165, 1.54) is 6.07 Å². The SMILES string of the molecule is C=CCOc1ccc(C2CCC(/C=C/c3ccc(-c4ccc(C)cc4)c(F)c3F)CC2)c(F)c1. The van der Waals surface area contributed by atoms with Gasteiger partial charge in [-0.2, -0.15) is 0 Å². The average molecular weight is 463 g/mol. The third-order valence-electron chi connectivity index (χ3n) is 6.57. The Labute approximate surface area is 199 Å². The van der Waals surface area contributed by atoms with Crippen LogP contribution in [0, 0.1) is 30.3 Å². The van der Waals surface area contributed by atoms with Gasteiger partial charge in [-0.15, -0.1) is 0 Å². The average Bonchev–Trinajstić information content (AvgIpc) is 2.85. The van der Waals surface area contributed by atoms with Gasteiger partial charge in [-0.1, -0.05) is 72.8 Å². The molecule has 0 unspecified atom stereocenters. The molecular weight excluding hydrogens is 433 g/mol. The van der Waals surface area contributed by atoms with Crippen LogP contribution in [-0.4, -0.2) is 6.61 Å². The van der Waals surface area contributed by atoms with Crippen LogP contribution in [0.2, 0.25) is 0 Å². The minimum atomic E-state index is -0.830. The zero-order chi connectivity index (χ0) is 24.1. The fraction of sp³-hybridized carbons (Fsp3) is 0.267. The Kier molecular flexibility index (Phi) is 7.56. The summed E-state index contributed by atoms with van der Waals surface area (Å²) in [7, 11) is 0. The summed E-state index contributed by atoms with van der Waals surface area (Å²) < 4.78 is 49.5. The van der Waals surface area contributed by atoms with Crippen LogP contribution in [0.5, 0.6) is 5.75 Å². The van der Waals surface area contributed by atoms with Gasteiger partial charge < -0.3 is 4.74 Å². The van der Waals surface area contributed by atoms with E-state index < -0.39 is 11.6 Å². The minimum absolute atomic E-state index is 0.154. The first-order valence-electron chi connectivity index (χ1n) is 11.7. The molecule has 1 saturated carbocycles. The summed E-state index contributed by atoms with van der Waals surface area (Å²) in [5.41, 5.74) is 2.95. The van der Waals surface area contributed by atoms with Gasteiger partial charge in [-0.05, 0) is 61.6 Å². The van der Waals surface area contributed by atoms with Gasteiger partial charge in [-0.3, -0.25) is 0 Å². The van der Waals surface area contributed by atoms with Crippen LogP contribution < -0.4 is 4.74 Å². The highest BCUT2D eigenvalue weighted by Crippen LogP contribution is 2.38. The lowest BCUT2D eigenvalue weighted by molar-refractivity contribution is 0.354. The van der Waals surface area contributed by atoms with Gasteiger partial charge in [0.1, 0.15) is 18.2 Å². The zero-order valence-corrected chi connectivity index (χ0v) is 19.4. The molecule has 0 heterocycles. The number of rotatable bonds is 7. The van der Waals surface area contributed by atoms with Gasteiger partial charge in [0.2, 0.25) is 0 Å². The molecule has 4 heteroatoms. The van der Waals surface area contributed by atoms with Crippen molar-refractivity contribution >= 4 is 6.08 Å². The van der Waals surface area contributed by atoms with Crippen molar-refractivity contribution in [3.63, 3.8) is 0 Å². The molecule has 0 saturated heterocycles. The van der Waals surface area contributed by atoms with E-state index in [2.05, 4.69) is 6.58 Å². The quantitative estimate of drug-likeness (QED) is 0.319. The van der Waals surface area contributed by atoms with Crippen LogP contribution in [-0.2, 0) is 0 Å². The normalized spacial score (nSPS) is 18.2. The molecule has 0 aromatic heterocycles. The van der Waals surface area contributed by atoms with Crippen molar-refractivity contribution in [1.29, 1.82) is 0 Å². The second kappa shape index (κ2) is 10.8. The van der Waals surface area contributed by atoms with Gasteiger partial charge >= 0.3 is 0 Å². The molecule has 0 spiro atoms. The zero-order valence-electron chi connectivity index (χ0n) is 19.4. The fourth-order valence-electron chi connectivity index (χ4n) is 4.60. The van der Waals surface area contributed by atoms with Crippen LogP contribution in [0.15, 0.2) is 73.3 Å². The number of hydrogen-bond acceptors (Lipinski definition) is 1. The lowest BCUT2D eigenvalue weighted by Gasteiger charge is -2.27. The third kappa shape index (κ3) is 5.44. The highest BCUT2D eigenvalue weighted by Gasteiger charge is 2.23. The van der Waals surface area contributed by atoms with Crippen molar-refractivity contribution in [2.45, 2.75) is 38.5 Å². The highest BCUT2D eigenvalue weighted by molar-refractivity contribution is 5.67. The fourth-order valence-corrected chi connectivity index (χ4v) is 4.60. The molecule has 0 atom stereocenters. The molecule has 34 heavy (non-hydrogen) atoms. The first-order chi connectivity index (χ1) is 16.5. The van der Waals surface area contributed by atoms with Crippen LogP contribution in [0.25, 0.3) is 17.2 Å². The smallest absolute Gasteiger partial charge is 0.167 e. The summed E-state index contributed by atoms with van der Waals surface area (Å²) in [5, 5.41) is 0. The second-order valence-electron chi connectivity index (χ2n) is 8.95. The number of benzene rings is 3. The molecule has 176 valence electrons. The maximum absolute atomic E-state index is 14.7. The van der Waals surface area contributed by atoms with Gasteiger partial charge in [0.25, 0.3) is 0 Å². The van der Waals surface area contributed by atoms with Crippen molar-refractivity contribution in [2.24, 2.45) is 5.92 Å². The van der Waals surface area contributed by atoms with Crippen molar-refractivity contribution in [1.82, 2.24) is 0 Å². The standard InChI is InChI=1S/C30H29F3O/c1-3-18-34-25-15-17-26(28(31)19-25)22-11-6-21(7-12-22)8-13-24-14-16-27(30(33)29(24)32)23-9-4-20(2)5-10-23/h3-5,8-10,13-17,19,21-22H,1,6-7,11-12,18H2,2H3/b13-8+. The summed E-state index contributed by atoms with van der Waals surface area (Å²) in [4.78, 5) is 0. The molecule has 0 N–H and O–H groups in total. The number of allylic oxidation sites excluding steroid dienone is 1. The lowest BCUT2D eigenvalue weighted by atomic mass is 9.78. The Morgan fingerprint density at radius 3 is 2.32 bits per heavy atom. The molecule has 1 aliphatic carbocycles. The highest BCUT2D eigenvalue weighted by atomic mass is 19.2. The van der Waals surface area contributed by atoms with Crippen molar-refractivity contribution in [3.05, 3.63) is 107 Å². The Balaban J connectivity index is 1.39. The first kappa shape index (κ1) is 23.9. The molecule has 4 rings (SSSR count). The first-order valence-corrected chi connectivity index (χ1v) is 11.7. The topological polar surface area (TPSA) is 9.23 Å². The number of hydrogen-bond donors (Lipinski definition) is 0. The van der Waals surface area contributed by atoms with E-state index in [4.69, 9.17) is 4.74 Å². The maximum Gasteiger partial charge on any atom is 0.167 e. The van der Waals surface area contributed by atoms with Crippen LogP contribution >= 0.6 is 0 Å². The summed E-state index contributed by atoms with van der Waals surface area (Å²) >= 11 is 0. The maximum atomic E-state index is 14.7. The number of halogens is 3. The molecule has 3 aromatic rings. The third-order valence-corrected chi connectivity index (χ3v) is 6.57. The van der Waals surface area contributed by atoms with Crippen molar-refractivity contribution in [2.75, 3.05) is 6.61 Å². The molecule has 0 bridgehead atoms. The molecule has 0 radical (unpaired) electrons. The van der Waals surface area contributed by atoms with Gasteiger partial charge in [0.15, 0.2) is 11.6 Å². The van der Waals surface area contributed by atoms with E-state index >= 15 is 0 Å². The monoisotopic (exact) mass is 462 g/mol. The van der Waals surface area contributed by atoms with Gasteiger partial charge in [0.05, 0.1) is 0 Å². The summed E-state index contributed by atoms with van der Waals surface area (Å²) in [6.07, 6.45) is 8.71. The largest absolute Gasteiger partial charge is 0.489 e. The molecule has 1 aliphatic rings. The van der Waals surface area contributed by atoms with Crippen LogP contribution in [0.1, 0.15) is 48.3 Å². The molecule has 0 amide bonds. The van der Waals surface area contributed by atoms with Gasteiger partial charge in [-0.25, -0.2) is 13.2 Å². The minimum Gasteiger partial charge on any atom is -0.489 e. The van der Waals surface area contributed by atoms with E-state index in [1.54, 1.807) is 42.5 Å². The Morgan fingerprint density at radius 1 is 0.912 bits per heavy atom. The van der Waals surface area contributed by atoms with E-state index in [0.29, 0.717) is 23.5 Å². The Hall–Kier alpha value is -3.27. The summed E-state index contributed by atoms with van der Waals surface area (Å²) in [6.45, 7) is 5.89. The number of aryl methyl sites for hydroxylation is 1. The summed E-state index contributed by atoms with van der Waals surface area (Å²) in [6, 6.07) is 15.7.